The maximum atomic E-state index is 13.0. The minimum atomic E-state index is -4.84. The van der Waals surface area contributed by atoms with E-state index in [9.17, 15) is 31.5 Å². The van der Waals surface area contributed by atoms with Gasteiger partial charge in [0.25, 0.3) is 5.56 Å². The summed E-state index contributed by atoms with van der Waals surface area (Å²) in [7, 11) is 0. The van der Waals surface area contributed by atoms with E-state index in [-0.39, 0.29) is 5.69 Å². The lowest BCUT2D eigenvalue weighted by atomic mass is 10.2. The summed E-state index contributed by atoms with van der Waals surface area (Å²) in [5.41, 5.74) is -2.87. The van der Waals surface area contributed by atoms with Gasteiger partial charge in [-0.1, -0.05) is 0 Å². The van der Waals surface area contributed by atoms with Gasteiger partial charge in [0.1, 0.15) is 12.1 Å². The van der Waals surface area contributed by atoms with E-state index in [0.29, 0.717) is 16.7 Å². The van der Waals surface area contributed by atoms with Gasteiger partial charge in [0.05, 0.1) is 0 Å². The van der Waals surface area contributed by atoms with E-state index in [1.54, 1.807) is 0 Å². The molecule has 9 heteroatoms. The van der Waals surface area contributed by atoms with Crippen LogP contribution in [-0.2, 0) is 17.5 Å². The molecule has 0 fully saturated rings. The van der Waals surface area contributed by atoms with Gasteiger partial charge in [-0.3, -0.25) is 9.59 Å². The van der Waals surface area contributed by atoms with Crippen molar-refractivity contribution in [3.63, 3.8) is 0 Å². The molecule has 0 radical (unpaired) electrons. The van der Waals surface area contributed by atoms with Crippen LogP contribution in [0.25, 0.3) is 0 Å². The molecular weight excluding hydrogens is 323 g/mol. The fourth-order valence-corrected chi connectivity index (χ4v) is 1.81. The molecule has 1 N–H and O–H groups in total. The number of benzene rings is 1. The second-order valence-electron chi connectivity index (χ2n) is 4.53. The molecule has 0 saturated heterocycles. The van der Waals surface area contributed by atoms with E-state index in [2.05, 4.69) is 5.32 Å². The highest BCUT2D eigenvalue weighted by molar-refractivity contribution is 5.90. The number of aromatic nitrogens is 1. The van der Waals surface area contributed by atoms with Gasteiger partial charge in [-0.2, -0.15) is 13.2 Å². The molecule has 0 aliphatic rings. The van der Waals surface area contributed by atoms with Gasteiger partial charge in [-0.05, 0) is 24.3 Å². The minimum Gasteiger partial charge on any atom is -0.324 e. The molecule has 1 aromatic carbocycles. The monoisotopic (exact) mass is 332 g/mol. The zero-order valence-electron chi connectivity index (χ0n) is 11.3. The van der Waals surface area contributed by atoms with E-state index in [4.69, 9.17) is 0 Å². The predicted octanol–water partition coefficient (Wildman–Crippen LogP) is 2.78. The number of amides is 1. The largest absolute Gasteiger partial charge is 0.421 e. The van der Waals surface area contributed by atoms with Crippen LogP contribution in [0.1, 0.15) is 5.56 Å². The zero-order valence-corrected chi connectivity index (χ0v) is 11.3. The number of carbonyl (C=O) groups is 1. The van der Waals surface area contributed by atoms with Crippen molar-refractivity contribution in [3.05, 3.63) is 64.1 Å². The van der Waals surface area contributed by atoms with Gasteiger partial charge in [-0.15, -0.1) is 0 Å². The molecule has 0 aliphatic carbocycles. The lowest BCUT2D eigenvalue weighted by molar-refractivity contribution is -0.139. The predicted molar refractivity (Wildman–Crippen MR) is 70.7 cm³/mol. The highest BCUT2D eigenvalue weighted by Gasteiger charge is 2.34. The van der Waals surface area contributed by atoms with Crippen molar-refractivity contribution >= 4 is 11.6 Å². The first-order valence-corrected chi connectivity index (χ1v) is 6.20. The first-order valence-electron chi connectivity index (χ1n) is 6.20. The number of pyridine rings is 1. The van der Waals surface area contributed by atoms with Crippen molar-refractivity contribution in [2.75, 3.05) is 5.32 Å². The van der Waals surface area contributed by atoms with Crippen LogP contribution in [0.3, 0.4) is 0 Å². The van der Waals surface area contributed by atoms with Crippen LogP contribution in [0.4, 0.5) is 27.6 Å². The fourth-order valence-electron chi connectivity index (χ4n) is 1.81. The number of rotatable bonds is 3. The first-order chi connectivity index (χ1) is 10.7. The van der Waals surface area contributed by atoms with Gasteiger partial charge in [0, 0.05) is 18.0 Å². The number of anilines is 1. The smallest absolute Gasteiger partial charge is 0.324 e. The number of halogens is 5. The van der Waals surface area contributed by atoms with Crippen molar-refractivity contribution in [2.45, 2.75) is 12.7 Å². The molecule has 0 bridgehead atoms. The van der Waals surface area contributed by atoms with Crippen molar-refractivity contribution in [1.82, 2.24) is 4.57 Å². The summed E-state index contributed by atoms with van der Waals surface area (Å²) >= 11 is 0. The Morgan fingerprint density at radius 3 is 2.43 bits per heavy atom. The van der Waals surface area contributed by atoms with Gasteiger partial charge in [0.15, 0.2) is 11.6 Å². The summed E-state index contributed by atoms with van der Waals surface area (Å²) in [5.74, 6) is -3.17. The molecular formula is C14H9F5N2O2. The van der Waals surface area contributed by atoms with Crippen molar-refractivity contribution in [3.8, 4) is 0 Å². The van der Waals surface area contributed by atoms with Crippen LogP contribution in [-0.4, -0.2) is 10.5 Å². The summed E-state index contributed by atoms with van der Waals surface area (Å²) in [4.78, 5) is 23.4. The summed E-state index contributed by atoms with van der Waals surface area (Å²) in [6.07, 6.45) is -3.82. The van der Waals surface area contributed by atoms with Crippen LogP contribution in [0, 0.1) is 11.6 Å². The van der Waals surface area contributed by atoms with Crippen LogP contribution in [0.15, 0.2) is 41.3 Å². The molecule has 23 heavy (non-hydrogen) atoms. The van der Waals surface area contributed by atoms with Crippen molar-refractivity contribution in [1.29, 1.82) is 0 Å². The molecule has 1 aromatic heterocycles. The molecule has 0 unspecified atom stereocenters. The lowest BCUT2D eigenvalue weighted by Crippen LogP contribution is -2.31. The van der Waals surface area contributed by atoms with Crippen molar-refractivity contribution < 1.29 is 26.7 Å². The van der Waals surface area contributed by atoms with Crippen LogP contribution >= 0.6 is 0 Å². The average Bonchev–Trinajstić information content (AvgIpc) is 2.44. The fraction of sp³-hybridized carbons (Fsp3) is 0.143. The summed E-state index contributed by atoms with van der Waals surface area (Å²) in [6, 6.07) is 4.15. The Hall–Kier alpha value is -2.71. The highest BCUT2D eigenvalue weighted by atomic mass is 19.4. The maximum absolute atomic E-state index is 13.0. The summed E-state index contributed by atoms with van der Waals surface area (Å²) in [5, 5.41) is 2.16. The number of nitrogens with zero attached hydrogens (tertiary/aromatic N) is 1. The third-order valence-corrected chi connectivity index (χ3v) is 2.84. The Morgan fingerprint density at radius 2 is 1.83 bits per heavy atom. The van der Waals surface area contributed by atoms with Gasteiger partial charge >= 0.3 is 6.18 Å². The van der Waals surface area contributed by atoms with E-state index in [0.717, 1.165) is 24.4 Å². The Morgan fingerprint density at radius 1 is 1.13 bits per heavy atom. The lowest BCUT2D eigenvalue weighted by Gasteiger charge is -2.10. The Labute approximate surface area is 126 Å². The molecule has 0 atom stereocenters. The molecule has 0 aliphatic heterocycles. The maximum Gasteiger partial charge on any atom is 0.421 e. The quantitative estimate of drug-likeness (QED) is 0.879. The molecule has 4 nitrogen and oxygen atoms in total. The normalized spacial score (nSPS) is 11.3. The minimum absolute atomic E-state index is 0.0890. The van der Waals surface area contributed by atoms with Gasteiger partial charge in [-0.25, -0.2) is 8.78 Å². The van der Waals surface area contributed by atoms with E-state index in [1.807, 2.05) is 0 Å². The van der Waals surface area contributed by atoms with E-state index < -0.39 is 41.4 Å². The summed E-state index contributed by atoms with van der Waals surface area (Å²) < 4.78 is 64.1. The molecule has 1 heterocycles. The molecule has 122 valence electrons. The summed E-state index contributed by atoms with van der Waals surface area (Å²) in [6.45, 7) is -0.707. The standard InChI is InChI=1S/C14H9F5N2O2/c15-10-4-3-8(6-11(10)16)20-12(22)7-21-5-1-2-9(13(21)23)14(17,18)19/h1-6H,7H2,(H,20,22). The number of hydrogen-bond acceptors (Lipinski definition) is 2. The second kappa shape index (κ2) is 6.19. The second-order valence-corrected chi connectivity index (χ2v) is 4.53. The highest BCUT2D eigenvalue weighted by Crippen LogP contribution is 2.25. The number of carbonyl (C=O) groups excluding carboxylic acids is 1. The third-order valence-electron chi connectivity index (χ3n) is 2.84. The number of alkyl halides is 3. The van der Waals surface area contributed by atoms with Crippen molar-refractivity contribution in [2.24, 2.45) is 0 Å². The zero-order chi connectivity index (χ0) is 17.2. The van der Waals surface area contributed by atoms with E-state index >= 15 is 0 Å². The van der Waals surface area contributed by atoms with Crippen LogP contribution in [0.2, 0.25) is 0 Å². The van der Waals surface area contributed by atoms with E-state index in [1.165, 1.54) is 0 Å². The third kappa shape index (κ3) is 3.93. The number of nitrogens with one attached hydrogen (secondary N) is 1. The molecule has 2 rings (SSSR count). The van der Waals surface area contributed by atoms with Gasteiger partial charge in [0.2, 0.25) is 5.91 Å². The Kier molecular flexibility index (Phi) is 4.48. The molecule has 1 amide bonds. The topological polar surface area (TPSA) is 51.1 Å². The first kappa shape index (κ1) is 16.7. The number of hydrogen-bond donors (Lipinski definition) is 1. The van der Waals surface area contributed by atoms with Gasteiger partial charge < -0.3 is 9.88 Å². The van der Waals surface area contributed by atoms with Crippen LogP contribution in [0.5, 0.6) is 0 Å². The molecule has 2 aromatic rings. The SMILES string of the molecule is O=C(Cn1cccc(C(F)(F)F)c1=O)Nc1ccc(F)c(F)c1. The van der Waals surface area contributed by atoms with Crippen LogP contribution < -0.4 is 10.9 Å². The Bertz CT molecular complexity index is 798. The average molecular weight is 332 g/mol. The molecule has 0 saturated carbocycles. The molecule has 0 spiro atoms. The Balaban J connectivity index is 2.18.